The number of likely N-dealkylation sites (tertiary alicyclic amines) is 1. The van der Waals surface area contributed by atoms with Crippen LogP contribution < -0.4 is 10.0 Å². The lowest BCUT2D eigenvalue weighted by Crippen LogP contribution is -2.51. The first-order chi connectivity index (χ1) is 7.44. The highest BCUT2D eigenvalue weighted by molar-refractivity contribution is 7.88. The molecule has 0 saturated carbocycles. The molecule has 0 aliphatic carbocycles. The maximum Gasteiger partial charge on any atom is 0.239 e. The van der Waals surface area contributed by atoms with Gasteiger partial charge in [-0.1, -0.05) is 0 Å². The lowest BCUT2D eigenvalue weighted by atomic mass is 10.1. The lowest BCUT2D eigenvalue weighted by Gasteiger charge is -2.32. The molecule has 94 valence electrons. The van der Waals surface area contributed by atoms with E-state index in [0.717, 1.165) is 19.1 Å². The Morgan fingerprint density at radius 3 is 2.75 bits per heavy atom. The summed E-state index contributed by atoms with van der Waals surface area (Å²) in [5, 5.41) is 2.96. The molecule has 1 unspecified atom stereocenters. The van der Waals surface area contributed by atoms with Gasteiger partial charge in [0.25, 0.3) is 0 Å². The van der Waals surface area contributed by atoms with Gasteiger partial charge >= 0.3 is 0 Å². The van der Waals surface area contributed by atoms with Crippen molar-refractivity contribution in [3.63, 3.8) is 0 Å². The summed E-state index contributed by atoms with van der Waals surface area (Å²) < 4.78 is 24.1. The molecule has 1 aliphatic heterocycles. The van der Waals surface area contributed by atoms with Gasteiger partial charge in [0.1, 0.15) is 0 Å². The summed E-state index contributed by atoms with van der Waals surface area (Å²) in [6, 6.07) is -0.119. The molecule has 1 saturated heterocycles. The van der Waals surface area contributed by atoms with Gasteiger partial charge in [0.05, 0.1) is 12.3 Å². The van der Waals surface area contributed by atoms with Crippen molar-refractivity contribution in [2.75, 3.05) is 32.9 Å². The van der Waals surface area contributed by atoms with E-state index in [-0.39, 0.29) is 18.5 Å². The van der Waals surface area contributed by atoms with Crippen molar-refractivity contribution < 1.29 is 13.2 Å². The van der Waals surface area contributed by atoms with Crippen molar-refractivity contribution in [2.45, 2.75) is 18.9 Å². The monoisotopic (exact) mass is 249 g/mol. The average molecular weight is 249 g/mol. The van der Waals surface area contributed by atoms with E-state index in [1.54, 1.807) is 11.9 Å². The van der Waals surface area contributed by atoms with E-state index < -0.39 is 10.0 Å². The SMILES string of the molecule is CNC1CCCN(CCNS(C)(=O)=O)C1=O. The van der Waals surface area contributed by atoms with Crippen LogP contribution in [-0.2, 0) is 14.8 Å². The molecule has 0 aromatic rings. The van der Waals surface area contributed by atoms with Gasteiger partial charge in [0.15, 0.2) is 0 Å². The summed E-state index contributed by atoms with van der Waals surface area (Å²) in [6.07, 6.45) is 2.92. The van der Waals surface area contributed by atoms with E-state index >= 15 is 0 Å². The molecule has 0 spiro atoms. The van der Waals surface area contributed by atoms with Crippen LogP contribution in [0.2, 0.25) is 0 Å². The number of hydrogen-bond acceptors (Lipinski definition) is 4. The Labute approximate surface area is 96.4 Å². The highest BCUT2D eigenvalue weighted by atomic mass is 32.2. The van der Waals surface area contributed by atoms with Crippen LogP contribution in [0, 0.1) is 0 Å². The summed E-state index contributed by atoms with van der Waals surface area (Å²) in [6.45, 7) is 1.42. The van der Waals surface area contributed by atoms with Gasteiger partial charge in [-0.15, -0.1) is 0 Å². The van der Waals surface area contributed by atoms with E-state index in [4.69, 9.17) is 0 Å². The van der Waals surface area contributed by atoms with Crippen molar-refractivity contribution in [3.8, 4) is 0 Å². The summed E-state index contributed by atoms with van der Waals surface area (Å²) in [5.41, 5.74) is 0. The molecule has 1 heterocycles. The molecule has 0 aromatic heterocycles. The van der Waals surface area contributed by atoms with E-state index in [1.165, 1.54) is 0 Å². The van der Waals surface area contributed by atoms with E-state index in [0.29, 0.717) is 13.1 Å². The standard InChI is InChI=1S/C9H19N3O3S/c1-10-8-4-3-6-12(9(8)13)7-5-11-16(2,14)15/h8,10-11H,3-7H2,1-2H3. The Balaban J connectivity index is 2.39. The van der Waals surface area contributed by atoms with Crippen LogP contribution in [-0.4, -0.2) is 58.2 Å². The number of rotatable bonds is 5. The fourth-order valence-corrected chi connectivity index (χ4v) is 2.26. The fourth-order valence-electron chi connectivity index (χ4n) is 1.80. The fraction of sp³-hybridized carbons (Fsp3) is 0.889. The Morgan fingerprint density at radius 2 is 2.19 bits per heavy atom. The van der Waals surface area contributed by atoms with Crippen molar-refractivity contribution in [2.24, 2.45) is 0 Å². The van der Waals surface area contributed by atoms with Crippen LogP contribution in [0.5, 0.6) is 0 Å². The average Bonchev–Trinajstić information content (AvgIpc) is 2.19. The Kier molecular flexibility index (Phi) is 4.69. The maximum atomic E-state index is 11.8. The van der Waals surface area contributed by atoms with Gasteiger partial charge in [-0.05, 0) is 19.9 Å². The maximum absolute atomic E-state index is 11.8. The minimum Gasteiger partial charge on any atom is -0.340 e. The molecule has 0 aromatic carbocycles. The summed E-state index contributed by atoms with van der Waals surface area (Å²) in [7, 11) is -1.40. The van der Waals surface area contributed by atoms with Gasteiger partial charge in [0, 0.05) is 19.6 Å². The number of nitrogens with one attached hydrogen (secondary N) is 2. The molecular weight excluding hydrogens is 230 g/mol. The molecule has 1 aliphatic rings. The van der Waals surface area contributed by atoms with Crippen LogP contribution in [0.4, 0.5) is 0 Å². The molecule has 1 fully saturated rings. The Bertz CT molecular complexity index is 342. The van der Waals surface area contributed by atoms with E-state index in [1.807, 2.05) is 0 Å². The predicted molar refractivity (Wildman–Crippen MR) is 61.5 cm³/mol. The second kappa shape index (κ2) is 5.60. The molecule has 16 heavy (non-hydrogen) atoms. The molecule has 2 N–H and O–H groups in total. The smallest absolute Gasteiger partial charge is 0.239 e. The van der Waals surface area contributed by atoms with Crippen LogP contribution in [0.15, 0.2) is 0 Å². The van der Waals surface area contributed by atoms with Gasteiger partial charge in [-0.25, -0.2) is 13.1 Å². The van der Waals surface area contributed by atoms with Crippen molar-refractivity contribution in [3.05, 3.63) is 0 Å². The molecule has 0 bridgehead atoms. The number of likely N-dealkylation sites (N-methyl/N-ethyl adjacent to an activating group) is 1. The first-order valence-corrected chi connectivity index (χ1v) is 7.24. The lowest BCUT2D eigenvalue weighted by molar-refractivity contribution is -0.135. The highest BCUT2D eigenvalue weighted by Crippen LogP contribution is 2.10. The second-order valence-corrected chi connectivity index (χ2v) is 5.81. The highest BCUT2D eigenvalue weighted by Gasteiger charge is 2.26. The zero-order valence-electron chi connectivity index (χ0n) is 9.69. The molecule has 1 atom stereocenters. The first kappa shape index (κ1) is 13.4. The minimum atomic E-state index is -3.17. The van der Waals surface area contributed by atoms with Gasteiger partial charge in [0.2, 0.25) is 15.9 Å². The third kappa shape index (κ3) is 4.07. The molecular formula is C9H19N3O3S. The van der Waals surface area contributed by atoms with Gasteiger partial charge < -0.3 is 10.2 Å². The topological polar surface area (TPSA) is 78.5 Å². The van der Waals surface area contributed by atoms with Crippen LogP contribution in [0.1, 0.15) is 12.8 Å². The number of nitrogens with zero attached hydrogens (tertiary/aromatic N) is 1. The van der Waals surface area contributed by atoms with Crippen LogP contribution >= 0.6 is 0 Å². The normalized spacial score (nSPS) is 22.5. The van der Waals surface area contributed by atoms with Gasteiger partial charge in [-0.2, -0.15) is 0 Å². The van der Waals surface area contributed by atoms with E-state index in [2.05, 4.69) is 10.0 Å². The Morgan fingerprint density at radius 1 is 1.50 bits per heavy atom. The second-order valence-electron chi connectivity index (χ2n) is 3.98. The van der Waals surface area contributed by atoms with Crippen molar-refractivity contribution in [1.29, 1.82) is 0 Å². The largest absolute Gasteiger partial charge is 0.340 e. The molecule has 0 radical (unpaired) electrons. The van der Waals surface area contributed by atoms with Crippen molar-refractivity contribution in [1.82, 2.24) is 14.9 Å². The number of hydrogen-bond donors (Lipinski definition) is 2. The van der Waals surface area contributed by atoms with E-state index in [9.17, 15) is 13.2 Å². The molecule has 6 nitrogen and oxygen atoms in total. The predicted octanol–water partition coefficient (Wildman–Crippen LogP) is -1.25. The van der Waals surface area contributed by atoms with Gasteiger partial charge in [-0.3, -0.25) is 4.79 Å². The number of piperidine rings is 1. The zero-order valence-corrected chi connectivity index (χ0v) is 10.5. The quantitative estimate of drug-likeness (QED) is 0.638. The summed E-state index contributed by atoms with van der Waals surface area (Å²) in [5.74, 6) is 0.0593. The van der Waals surface area contributed by atoms with Crippen LogP contribution in [0.25, 0.3) is 0 Å². The van der Waals surface area contributed by atoms with Crippen molar-refractivity contribution >= 4 is 15.9 Å². The first-order valence-electron chi connectivity index (χ1n) is 5.35. The molecule has 1 amide bonds. The third-order valence-corrected chi connectivity index (χ3v) is 3.35. The molecule has 7 heteroatoms. The summed E-state index contributed by atoms with van der Waals surface area (Å²) >= 11 is 0. The zero-order chi connectivity index (χ0) is 12.2. The number of amides is 1. The van der Waals surface area contributed by atoms with Crippen LogP contribution in [0.3, 0.4) is 0 Å². The minimum absolute atomic E-state index is 0.0593. The number of carbonyl (C=O) groups is 1. The molecule has 1 rings (SSSR count). The third-order valence-electron chi connectivity index (χ3n) is 2.63. The number of sulfonamides is 1. The Hall–Kier alpha value is -0.660. The number of carbonyl (C=O) groups excluding carboxylic acids is 1. The summed E-state index contributed by atoms with van der Waals surface area (Å²) in [4.78, 5) is 13.5.